The minimum Gasteiger partial charge on any atom is -0.322 e. The van der Waals surface area contributed by atoms with Crippen molar-refractivity contribution < 1.29 is 14.4 Å². The van der Waals surface area contributed by atoms with Gasteiger partial charge in [-0.1, -0.05) is 36.4 Å². The summed E-state index contributed by atoms with van der Waals surface area (Å²) in [4.78, 5) is 41.5. The van der Waals surface area contributed by atoms with Gasteiger partial charge in [0.25, 0.3) is 5.91 Å². The molecule has 1 saturated heterocycles. The SMILES string of the molecule is Cc1cccc(NC(=O)c2ccccc2N2C(=O)[C@@H]3[C@H]4C=C[C@@H]([C@@H]5C[C@H]45)[C@H]3C2=O)c1C. The molecule has 0 unspecified atom stereocenters. The van der Waals surface area contributed by atoms with Crippen LogP contribution in [0.4, 0.5) is 11.4 Å². The number of para-hydroxylation sites is 1. The number of carbonyl (C=O) groups excluding carboxylic acids is 3. The van der Waals surface area contributed by atoms with Gasteiger partial charge in [-0.3, -0.25) is 14.4 Å². The normalized spacial score (nSPS) is 32.1. The molecule has 1 aliphatic heterocycles. The van der Waals surface area contributed by atoms with E-state index in [0.29, 0.717) is 23.1 Å². The molecule has 2 bridgehead atoms. The lowest BCUT2D eigenvalue weighted by Gasteiger charge is -2.37. The van der Waals surface area contributed by atoms with Crippen molar-refractivity contribution in [2.45, 2.75) is 20.3 Å². The molecule has 6 atom stereocenters. The van der Waals surface area contributed by atoms with Crippen LogP contribution in [0, 0.1) is 49.4 Å². The monoisotopic (exact) mass is 412 g/mol. The molecule has 5 nitrogen and oxygen atoms in total. The number of benzene rings is 2. The highest BCUT2D eigenvalue weighted by Crippen LogP contribution is 2.65. The predicted molar refractivity (Wildman–Crippen MR) is 118 cm³/mol. The number of allylic oxidation sites excluding steroid dienone is 2. The summed E-state index contributed by atoms with van der Waals surface area (Å²) in [6.07, 6.45) is 5.45. The molecule has 2 saturated carbocycles. The lowest BCUT2D eigenvalue weighted by molar-refractivity contribution is -0.124. The highest BCUT2D eigenvalue weighted by Gasteiger charge is 2.67. The van der Waals surface area contributed by atoms with Crippen LogP contribution in [0.3, 0.4) is 0 Å². The molecule has 7 rings (SSSR count). The Bertz CT molecular complexity index is 1150. The molecular weight excluding hydrogens is 388 g/mol. The maximum atomic E-state index is 13.5. The molecule has 3 fully saturated rings. The van der Waals surface area contributed by atoms with Crippen molar-refractivity contribution in [1.82, 2.24) is 0 Å². The van der Waals surface area contributed by atoms with Crippen molar-refractivity contribution >= 4 is 29.1 Å². The molecule has 0 spiro atoms. The maximum absolute atomic E-state index is 13.5. The fraction of sp³-hybridized carbons (Fsp3) is 0.346. The second kappa shape index (κ2) is 6.39. The molecule has 31 heavy (non-hydrogen) atoms. The van der Waals surface area contributed by atoms with Gasteiger partial charge in [0.05, 0.1) is 23.1 Å². The number of anilines is 2. The zero-order valence-electron chi connectivity index (χ0n) is 17.5. The van der Waals surface area contributed by atoms with Gasteiger partial charge in [0.2, 0.25) is 11.8 Å². The number of amides is 3. The van der Waals surface area contributed by atoms with Crippen LogP contribution in [0.5, 0.6) is 0 Å². The first kappa shape index (κ1) is 18.6. The average molecular weight is 412 g/mol. The number of rotatable bonds is 3. The van der Waals surface area contributed by atoms with Gasteiger partial charge in [-0.25, -0.2) is 4.90 Å². The first-order valence-electron chi connectivity index (χ1n) is 11.0. The van der Waals surface area contributed by atoms with E-state index in [1.165, 1.54) is 4.90 Å². The first-order valence-corrected chi connectivity index (χ1v) is 11.0. The fourth-order valence-corrected chi connectivity index (χ4v) is 6.13. The summed E-state index contributed by atoms with van der Waals surface area (Å²) in [7, 11) is 0. The Morgan fingerprint density at radius 1 is 0.903 bits per heavy atom. The first-order chi connectivity index (χ1) is 15.0. The summed E-state index contributed by atoms with van der Waals surface area (Å²) in [5.74, 6) is 0.270. The van der Waals surface area contributed by atoms with Crippen molar-refractivity contribution in [2.75, 3.05) is 10.2 Å². The van der Waals surface area contributed by atoms with Crippen molar-refractivity contribution in [2.24, 2.45) is 35.5 Å². The zero-order valence-corrected chi connectivity index (χ0v) is 17.5. The Morgan fingerprint density at radius 3 is 2.23 bits per heavy atom. The van der Waals surface area contributed by atoms with Gasteiger partial charge in [-0.15, -0.1) is 0 Å². The summed E-state index contributed by atoms with van der Waals surface area (Å²) in [6, 6.07) is 12.7. The number of hydrogen-bond acceptors (Lipinski definition) is 3. The molecule has 2 aromatic carbocycles. The van der Waals surface area contributed by atoms with E-state index < -0.39 is 0 Å². The van der Waals surface area contributed by atoms with Crippen LogP contribution in [0.1, 0.15) is 27.9 Å². The fourth-order valence-electron chi connectivity index (χ4n) is 6.13. The second-order valence-corrected chi connectivity index (χ2v) is 9.39. The molecule has 0 radical (unpaired) electrons. The molecule has 1 N–H and O–H groups in total. The van der Waals surface area contributed by atoms with Crippen LogP contribution in [0.15, 0.2) is 54.6 Å². The van der Waals surface area contributed by atoms with E-state index in [9.17, 15) is 14.4 Å². The number of carbonyl (C=O) groups is 3. The summed E-state index contributed by atoms with van der Waals surface area (Å²) in [5, 5.41) is 2.97. The molecule has 4 aliphatic carbocycles. The lowest BCUT2D eigenvalue weighted by Crippen LogP contribution is -2.40. The second-order valence-electron chi connectivity index (χ2n) is 9.39. The van der Waals surface area contributed by atoms with E-state index in [1.807, 2.05) is 32.0 Å². The van der Waals surface area contributed by atoms with Gasteiger partial charge in [-0.05, 0) is 73.3 Å². The van der Waals surface area contributed by atoms with E-state index in [2.05, 4.69) is 17.5 Å². The Morgan fingerprint density at radius 2 is 1.55 bits per heavy atom. The maximum Gasteiger partial charge on any atom is 0.257 e. The molecule has 156 valence electrons. The molecule has 2 aromatic rings. The number of nitrogens with zero attached hydrogens (tertiary/aromatic N) is 1. The largest absolute Gasteiger partial charge is 0.322 e. The smallest absolute Gasteiger partial charge is 0.257 e. The number of nitrogens with one attached hydrogen (secondary N) is 1. The van der Waals surface area contributed by atoms with Crippen LogP contribution in [0.25, 0.3) is 0 Å². The Kier molecular flexibility index (Phi) is 3.83. The standard InChI is InChI=1S/C26H24N2O3/c1-13-6-5-8-20(14(13)2)27-24(29)17-7-3-4-9-21(17)28-25(30)22-15-10-11-16(19-12-18(15)19)23(22)26(28)31/h3-11,15-16,18-19,22-23H,12H2,1-2H3,(H,27,29)/t15-,16-,18-,19+,22+,23+/m0/s1. The molecule has 0 aromatic heterocycles. The summed E-state index contributed by atoms with van der Waals surface area (Å²) in [6.45, 7) is 3.96. The molecule has 3 amide bonds. The van der Waals surface area contributed by atoms with Crippen LogP contribution >= 0.6 is 0 Å². The molecular formula is C26H24N2O3. The van der Waals surface area contributed by atoms with Gasteiger partial charge in [0.15, 0.2) is 0 Å². The van der Waals surface area contributed by atoms with Crippen LogP contribution in [0.2, 0.25) is 0 Å². The van der Waals surface area contributed by atoms with E-state index in [0.717, 1.165) is 23.2 Å². The zero-order chi connectivity index (χ0) is 21.4. The van der Waals surface area contributed by atoms with Gasteiger partial charge >= 0.3 is 0 Å². The Balaban J connectivity index is 1.35. The highest BCUT2D eigenvalue weighted by molar-refractivity contribution is 6.25. The molecule has 5 aliphatic rings. The third kappa shape index (κ3) is 2.52. The van der Waals surface area contributed by atoms with Gasteiger partial charge in [-0.2, -0.15) is 0 Å². The van der Waals surface area contributed by atoms with Gasteiger partial charge < -0.3 is 5.32 Å². The van der Waals surface area contributed by atoms with E-state index >= 15 is 0 Å². The predicted octanol–water partition coefficient (Wildman–Crippen LogP) is 4.11. The summed E-state index contributed by atoms with van der Waals surface area (Å²) in [5.41, 5.74) is 3.54. The van der Waals surface area contributed by atoms with Gasteiger partial charge in [0.1, 0.15) is 0 Å². The Hall–Kier alpha value is -3.21. The number of aryl methyl sites for hydroxylation is 1. The van der Waals surface area contributed by atoms with Gasteiger partial charge in [0, 0.05) is 5.69 Å². The van der Waals surface area contributed by atoms with E-state index in [4.69, 9.17) is 0 Å². The molecule has 1 heterocycles. The minimum absolute atomic E-state index is 0.147. The van der Waals surface area contributed by atoms with Crippen molar-refractivity contribution in [3.05, 3.63) is 71.3 Å². The minimum atomic E-state index is -0.316. The van der Waals surface area contributed by atoms with Crippen molar-refractivity contribution in [1.29, 1.82) is 0 Å². The number of imide groups is 1. The van der Waals surface area contributed by atoms with Crippen molar-refractivity contribution in [3.8, 4) is 0 Å². The third-order valence-corrected chi connectivity index (χ3v) is 7.91. The lowest BCUT2D eigenvalue weighted by atomic mass is 9.63. The van der Waals surface area contributed by atoms with Crippen LogP contribution in [-0.4, -0.2) is 17.7 Å². The highest BCUT2D eigenvalue weighted by atomic mass is 16.2. The average Bonchev–Trinajstić information content (AvgIpc) is 3.55. The van der Waals surface area contributed by atoms with E-state index in [1.54, 1.807) is 24.3 Å². The quantitative estimate of drug-likeness (QED) is 0.609. The summed E-state index contributed by atoms with van der Waals surface area (Å²) < 4.78 is 0. The third-order valence-electron chi connectivity index (χ3n) is 7.91. The Labute approximate surface area is 181 Å². The molecule has 5 heteroatoms. The topological polar surface area (TPSA) is 66.5 Å². The van der Waals surface area contributed by atoms with Crippen molar-refractivity contribution in [3.63, 3.8) is 0 Å². The summed E-state index contributed by atoms with van der Waals surface area (Å²) >= 11 is 0. The van der Waals surface area contributed by atoms with Crippen LogP contribution < -0.4 is 10.2 Å². The number of hydrogen-bond donors (Lipinski definition) is 1. The van der Waals surface area contributed by atoms with Crippen LogP contribution in [-0.2, 0) is 9.59 Å². The van der Waals surface area contributed by atoms with E-state index in [-0.39, 0.29) is 41.4 Å².